The Labute approximate surface area is 101 Å². The van der Waals surface area contributed by atoms with Crippen LogP contribution in [-0.2, 0) is 10.0 Å². The Morgan fingerprint density at radius 1 is 1.53 bits per heavy atom. The number of sulfonamides is 1. The molecule has 1 atom stereocenters. The van der Waals surface area contributed by atoms with Crippen molar-refractivity contribution >= 4 is 10.0 Å². The second kappa shape index (κ2) is 5.17. The summed E-state index contributed by atoms with van der Waals surface area (Å²) in [5, 5.41) is 18.2. The largest absolute Gasteiger partial charge is 0.507 e. The van der Waals surface area contributed by atoms with E-state index in [0.717, 1.165) is 6.07 Å². The minimum atomic E-state index is -3.79. The Hall–Kier alpha value is -1.58. The van der Waals surface area contributed by atoms with Crippen LogP contribution in [0.15, 0.2) is 23.1 Å². The Balaban J connectivity index is 3.19. The molecule has 0 heterocycles. The van der Waals surface area contributed by atoms with Gasteiger partial charge in [0.15, 0.2) is 0 Å². The maximum Gasteiger partial charge on any atom is 0.244 e. The van der Waals surface area contributed by atoms with Crippen molar-refractivity contribution in [3.05, 3.63) is 23.8 Å². The van der Waals surface area contributed by atoms with Crippen molar-refractivity contribution in [3.63, 3.8) is 0 Å². The molecule has 92 valence electrons. The molecule has 0 aliphatic heterocycles. The molecule has 17 heavy (non-hydrogen) atoms. The predicted octanol–water partition coefficient (Wildman–Crippen LogP) is 1.34. The molecule has 0 aliphatic carbocycles. The van der Waals surface area contributed by atoms with Gasteiger partial charge >= 0.3 is 0 Å². The van der Waals surface area contributed by atoms with Crippen LogP contribution in [0, 0.1) is 11.3 Å². The van der Waals surface area contributed by atoms with Gasteiger partial charge in [0.25, 0.3) is 0 Å². The van der Waals surface area contributed by atoms with Gasteiger partial charge in [-0.1, -0.05) is 6.92 Å². The van der Waals surface area contributed by atoms with Crippen LogP contribution in [0.5, 0.6) is 5.75 Å². The highest BCUT2D eigenvalue weighted by atomic mass is 32.2. The topological polar surface area (TPSA) is 90.2 Å². The second-order valence-electron chi connectivity index (χ2n) is 3.72. The van der Waals surface area contributed by atoms with Crippen LogP contribution in [0.25, 0.3) is 0 Å². The van der Waals surface area contributed by atoms with Gasteiger partial charge in [0.2, 0.25) is 10.0 Å². The molecule has 2 N–H and O–H groups in total. The Bertz CT molecular complexity index is 546. The lowest BCUT2D eigenvalue weighted by molar-refractivity contribution is 0.457. The zero-order valence-electron chi connectivity index (χ0n) is 9.64. The first-order valence-corrected chi connectivity index (χ1v) is 6.64. The van der Waals surface area contributed by atoms with E-state index >= 15 is 0 Å². The number of aromatic hydroxyl groups is 1. The van der Waals surface area contributed by atoms with Crippen molar-refractivity contribution in [3.8, 4) is 11.8 Å². The number of phenolic OH excluding ortho intramolecular Hbond substituents is 1. The van der Waals surface area contributed by atoms with Crippen LogP contribution < -0.4 is 4.72 Å². The highest BCUT2D eigenvalue weighted by molar-refractivity contribution is 7.89. The van der Waals surface area contributed by atoms with Crippen LogP contribution in [0.3, 0.4) is 0 Å². The van der Waals surface area contributed by atoms with Gasteiger partial charge in [-0.25, -0.2) is 13.1 Å². The number of rotatable bonds is 4. The van der Waals surface area contributed by atoms with E-state index in [1.165, 1.54) is 12.1 Å². The molecule has 0 bridgehead atoms. The van der Waals surface area contributed by atoms with Crippen LogP contribution >= 0.6 is 0 Å². The summed E-state index contributed by atoms with van der Waals surface area (Å²) in [7, 11) is -3.79. The molecule has 0 aromatic heterocycles. The molecule has 0 saturated carbocycles. The Kier molecular flexibility index (Phi) is 4.10. The minimum Gasteiger partial charge on any atom is -0.507 e. The first-order chi connectivity index (χ1) is 7.90. The van der Waals surface area contributed by atoms with E-state index in [-0.39, 0.29) is 22.3 Å². The molecular formula is C11H14N2O3S. The van der Waals surface area contributed by atoms with E-state index in [0.29, 0.717) is 6.42 Å². The van der Waals surface area contributed by atoms with Crippen LogP contribution in [0.1, 0.15) is 25.8 Å². The summed E-state index contributed by atoms with van der Waals surface area (Å²) in [6, 6.07) is 5.31. The van der Waals surface area contributed by atoms with Gasteiger partial charge in [0.05, 0.1) is 11.6 Å². The summed E-state index contributed by atoms with van der Waals surface area (Å²) in [5.74, 6) is -0.361. The van der Waals surface area contributed by atoms with Gasteiger partial charge in [-0.05, 0) is 31.5 Å². The number of benzene rings is 1. The molecule has 1 rings (SSSR count). The second-order valence-corrected chi connectivity index (χ2v) is 5.41. The van der Waals surface area contributed by atoms with Crippen molar-refractivity contribution in [1.82, 2.24) is 4.72 Å². The van der Waals surface area contributed by atoms with Gasteiger partial charge in [0.1, 0.15) is 10.6 Å². The fraction of sp³-hybridized carbons (Fsp3) is 0.364. The highest BCUT2D eigenvalue weighted by Gasteiger charge is 2.20. The van der Waals surface area contributed by atoms with Gasteiger partial charge in [-0.15, -0.1) is 0 Å². The standard InChI is InChI=1S/C11H14N2O3S/c1-3-8(2)13-17(15,16)11-6-9(7-12)4-5-10(11)14/h4-6,8,13-14H,3H2,1-2H3. The maximum atomic E-state index is 11.9. The summed E-state index contributed by atoms with van der Waals surface area (Å²) >= 11 is 0. The smallest absolute Gasteiger partial charge is 0.244 e. The van der Waals surface area contributed by atoms with E-state index in [9.17, 15) is 13.5 Å². The van der Waals surface area contributed by atoms with Crippen LogP contribution in [0.2, 0.25) is 0 Å². The molecule has 1 unspecified atom stereocenters. The lowest BCUT2D eigenvalue weighted by Gasteiger charge is -2.13. The van der Waals surface area contributed by atoms with E-state index in [1.807, 2.05) is 13.0 Å². The van der Waals surface area contributed by atoms with Crippen LogP contribution in [-0.4, -0.2) is 19.6 Å². The van der Waals surface area contributed by atoms with Gasteiger partial charge in [0, 0.05) is 6.04 Å². The molecule has 0 radical (unpaired) electrons. The first kappa shape index (κ1) is 13.5. The lowest BCUT2D eigenvalue weighted by Crippen LogP contribution is -2.32. The number of nitriles is 1. The summed E-state index contributed by atoms with van der Waals surface area (Å²) in [5.41, 5.74) is 0.187. The molecule has 1 aromatic carbocycles. The molecule has 0 saturated heterocycles. The van der Waals surface area contributed by atoms with Gasteiger partial charge in [-0.3, -0.25) is 0 Å². The van der Waals surface area contributed by atoms with Crippen molar-refractivity contribution in [2.24, 2.45) is 0 Å². The summed E-state index contributed by atoms with van der Waals surface area (Å²) in [4.78, 5) is -0.267. The number of hydrogen-bond donors (Lipinski definition) is 2. The zero-order valence-corrected chi connectivity index (χ0v) is 10.5. The summed E-state index contributed by atoms with van der Waals surface area (Å²) in [6.45, 7) is 3.57. The highest BCUT2D eigenvalue weighted by Crippen LogP contribution is 2.23. The third kappa shape index (κ3) is 3.19. The Morgan fingerprint density at radius 3 is 2.71 bits per heavy atom. The minimum absolute atomic E-state index is 0.187. The third-order valence-corrected chi connectivity index (χ3v) is 3.97. The Morgan fingerprint density at radius 2 is 2.18 bits per heavy atom. The van der Waals surface area contributed by atoms with E-state index in [4.69, 9.17) is 5.26 Å². The molecule has 0 aliphatic rings. The van der Waals surface area contributed by atoms with Crippen molar-refractivity contribution in [2.45, 2.75) is 31.2 Å². The van der Waals surface area contributed by atoms with Crippen LogP contribution in [0.4, 0.5) is 0 Å². The summed E-state index contributed by atoms with van der Waals surface area (Å²) in [6.07, 6.45) is 0.637. The molecule has 5 nitrogen and oxygen atoms in total. The normalized spacial score (nSPS) is 13.0. The van der Waals surface area contributed by atoms with Crippen molar-refractivity contribution < 1.29 is 13.5 Å². The molecule has 0 fully saturated rings. The molecular weight excluding hydrogens is 240 g/mol. The zero-order chi connectivity index (χ0) is 13.1. The molecule has 1 aromatic rings. The van der Waals surface area contributed by atoms with Gasteiger partial charge in [-0.2, -0.15) is 5.26 Å². The maximum absolute atomic E-state index is 11.9. The molecule has 0 spiro atoms. The number of nitrogens with zero attached hydrogens (tertiary/aromatic N) is 1. The van der Waals surface area contributed by atoms with Gasteiger partial charge < -0.3 is 5.11 Å². The average Bonchev–Trinajstić information content (AvgIpc) is 2.28. The van der Waals surface area contributed by atoms with Crippen molar-refractivity contribution in [2.75, 3.05) is 0 Å². The third-order valence-electron chi connectivity index (χ3n) is 2.35. The number of hydrogen-bond acceptors (Lipinski definition) is 4. The fourth-order valence-electron chi connectivity index (χ4n) is 1.21. The predicted molar refractivity (Wildman–Crippen MR) is 62.9 cm³/mol. The molecule has 6 heteroatoms. The number of phenols is 1. The molecule has 0 amide bonds. The van der Waals surface area contributed by atoms with E-state index in [1.54, 1.807) is 6.92 Å². The van der Waals surface area contributed by atoms with E-state index < -0.39 is 10.0 Å². The van der Waals surface area contributed by atoms with E-state index in [2.05, 4.69) is 4.72 Å². The monoisotopic (exact) mass is 254 g/mol. The number of nitrogens with one attached hydrogen (secondary N) is 1. The quantitative estimate of drug-likeness (QED) is 0.848. The average molecular weight is 254 g/mol. The lowest BCUT2D eigenvalue weighted by atomic mass is 10.2. The SMILES string of the molecule is CCC(C)NS(=O)(=O)c1cc(C#N)ccc1O. The van der Waals surface area contributed by atoms with Crippen molar-refractivity contribution in [1.29, 1.82) is 5.26 Å². The first-order valence-electron chi connectivity index (χ1n) is 5.16. The fourth-order valence-corrected chi connectivity index (χ4v) is 2.66. The summed E-state index contributed by atoms with van der Waals surface area (Å²) < 4.78 is 26.2.